The van der Waals surface area contributed by atoms with Crippen LogP contribution in [0.25, 0.3) is 10.9 Å². The molecule has 0 radical (unpaired) electrons. The average molecular weight is 413 g/mol. The van der Waals surface area contributed by atoms with Crippen molar-refractivity contribution in [2.24, 2.45) is 0 Å². The number of halogens is 2. The van der Waals surface area contributed by atoms with Crippen LogP contribution in [0.1, 0.15) is 41.7 Å². The Morgan fingerprint density at radius 2 is 1.97 bits per heavy atom. The molecule has 3 aromatic rings. The maximum Gasteiger partial charge on any atom is 0.339 e. The second-order valence-electron chi connectivity index (χ2n) is 7.05. The quantitative estimate of drug-likeness (QED) is 0.593. The summed E-state index contributed by atoms with van der Waals surface area (Å²) in [5.74, 6) is -1.57. The zero-order valence-electron chi connectivity index (χ0n) is 15.6. The number of anilines is 1. The summed E-state index contributed by atoms with van der Waals surface area (Å²) in [4.78, 5) is 29.8. The summed E-state index contributed by atoms with van der Waals surface area (Å²) in [6.45, 7) is 1.44. The van der Waals surface area contributed by atoms with Crippen molar-refractivity contribution in [2.75, 3.05) is 5.32 Å². The highest BCUT2D eigenvalue weighted by molar-refractivity contribution is 6.30. The van der Waals surface area contributed by atoms with Crippen molar-refractivity contribution in [3.63, 3.8) is 0 Å². The molecule has 0 aliphatic heterocycles. The third kappa shape index (κ3) is 4.22. The van der Waals surface area contributed by atoms with Gasteiger partial charge in [0.25, 0.3) is 5.91 Å². The van der Waals surface area contributed by atoms with E-state index in [1.54, 1.807) is 12.1 Å². The van der Waals surface area contributed by atoms with Gasteiger partial charge < -0.3 is 10.1 Å². The topological polar surface area (TPSA) is 68.3 Å². The first kappa shape index (κ1) is 19.3. The maximum atomic E-state index is 13.9. The molecule has 4 rings (SSSR count). The summed E-state index contributed by atoms with van der Waals surface area (Å²) in [6.07, 6.45) is 0.977. The zero-order valence-corrected chi connectivity index (χ0v) is 16.4. The molecule has 1 amide bonds. The predicted octanol–water partition coefficient (Wildman–Crippen LogP) is 5.09. The number of nitrogens with zero attached hydrogens (tertiary/aromatic N) is 1. The lowest BCUT2D eigenvalue weighted by Gasteiger charge is -2.15. The number of ether oxygens (including phenoxy) is 1. The fourth-order valence-electron chi connectivity index (χ4n) is 3.06. The second kappa shape index (κ2) is 7.79. The van der Waals surface area contributed by atoms with Crippen LogP contribution in [0.5, 0.6) is 0 Å². The molecule has 0 unspecified atom stereocenters. The number of fused-ring (bicyclic) bond motifs is 1. The van der Waals surface area contributed by atoms with E-state index in [9.17, 15) is 14.0 Å². The monoisotopic (exact) mass is 412 g/mol. The van der Waals surface area contributed by atoms with Crippen molar-refractivity contribution in [2.45, 2.75) is 31.8 Å². The van der Waals surface area contributed by atoms with Crippen LogP contribution in [0.4, 0.5) is 10.1 Å². The van der Waals surface area contributed by atoms with Crippen molar-refractivity contribution in [1.82, 2.24) is 4.98 Å². The molecule has 2 aromatic carbocycles. The molecule has 5 nitrogen and oxygen atoms in total. The SMILES string of the molecule is C[C@@H](OC(=O)c1cc(C2CC2)nc2ccccc12)C(=O)Nc1ccc(Cl)cc1F. The van der Waals surface area contributed by atoms with E-state index in [2.05, 4.69) is 10.3 Å². The van der Waals surface area contributed by atoms with Gasteiger partial charge in [0, 0.05) is 22.0 Å². The number of pyridine rings is 1. The third-order valence-corrected chi connectivity index (χ3v) is 5.03. The van der Waals surface area contributed by atoms with E-state index < -0.39 is 23.8 Å². The molecule has 1 N–H and O–H groups in total. The molecule has 29 heavy (non-hydrogen) atoms. The molecule has 1 aliphatic rings. The molecular formula is C22H18ClFN2O3. The normalized spacial score (nSPS) is 14.4. The Morgan fingerprint density at radius 1 is 1.21 bits per heavy atom. The summed E-state index contributed by atoms with van der Waals surface area (Å²) in [5, 5.41) is 3.29. The number of aromatic nitrogens is 1. The molecule has 0 bridgehead atoms. The number of para-hydroxylation sites is 1. The summed E-state index contributed by atoms with van der Waals surface area (Å²) in [5.41, 5.74) is 1.91. The van der Waals surface area contributed by atoms with Gasteiger partial charge in [0.05, 0.1) is 16.8 Å². The smallest absolute Gasteiger partial charge is 0.339 e. The van der Waals surface area contributed by atoms with E-state index in [0.29, 0.717) is 22.4 Å². The minimum atomic E-state index is -1.12. The third-order valence-electron chi connectivity index (χ3n) is 4.79. The van der Waals surface area contributed by atoms with E-state index in [1.807, 2.05) is 18.2 Å². The van der Waals surface area contributed by atoms with Gasteiger partial charge in [0.15, 0.2) is 6.10 Å². The van der Waals surface area contributed by atoms with Gasteiger partial charge in [-0.05, 0) is 50.1 Å². The highest BCUT2D eigenvalue weighted by Gasteiger charge is 2.28. The number of carbonyl (C=O) groups excluding carboxylic acids is 2. The summed E-state index contributed by atoms with van der Waals surface area (Å²) < 4.78 is 19.3. The molecule has 1 atom stereocenters. The van der Waals surface area contributed by atoms with Crippen LogP contribution in [0, 0.1) is 5.82 Å². The standard InChI is InChI=1S/C22H18ClFN2O3/c1-12(21(27)26-19-9-8-14(23)10-17(19)24)29-22(28)16-11-20(13-6-7-13)25-18-5-3-2-4-15(16)18/h2-5,8-13H,6-7H2,1H3,(H,26,27)/t12-/m1/s1. The minimum Gasteiger partial charge on any atom is -0.449 e. The number of benzene rings is 2. The fourth-order valence-corrected chi connectivity index (χ4v) is 3.21. The first-order valence-electron chi connectivity index (χ1n) is 9.29. The molecule has 1 fully saturated rings. The predicted molar refractivity (Wildman–Crippen MR) is 109 cm³/mol. The largest absolute Gasteiger partial charge is 0.449 e. The Balaban J connectivity index is 1.53. The van der Waals surface area contributed by atoms with Crippen molar-refractivity contribution < 1.29 is 18.7 Å². The van der Waals surface area contributed by atoms with Gasteiger partial charge in [-0.1, -0.05) is 29.8 Å². The van der Waals surface area contributed by atoms with E-state index >= 15 is 0 Å². The number of nitrogens with one attached hydrogen (secondary N) is 1. The van der Waals surface area contributed by atoms with Gasteiger partial charge in [-0.25, -0.2) is 9.18 Å². The second-order valence-corrected chi connectivity index (χ2v) is 7.48. The van der Waals surface area contributed by atoms with E-state index in [0.717, 1.165) is 24.6 Å². The Morgan fingerprint density at radius 3 is 2.69 bits per heavy atom. The van der Waals surface area contributed by atoms with Crippen LogP contribution < -0.4 is 5.32 Å². The summed E-state index contributed by atoms with van der Waals surface area (Å²) in [7, 11) is 0. The molecule has 1 aromatic heterocycles. The van der Waals surface area contributed by atoms with Gasteiger partial charge in [-0.3, -0.25) is 9.78 Å². The highest BCUT2D eigenvalue weighted by Crippen LogP contribution is 2.40. The van der Waals surface area contributed by atoms with E-state index in [1.165, 1.54) is 19.1 Å². The molecule has 148 valence electrons. The van der Waals surface area contributed by atoms with Crippen LogP contribution in [-0.2, 0) is 9.53 Å². The Labute approximate surface area is 171 Å². The van der Waals surface area contributed by atoms with E-state index in [4.69, 9.17) is 16.3 Å². The van der Waals surface area contributed by atoms with Crippen LogP contribution in [0.15, 0.2) is 48.5 Å². The van der Waals surface area contributed by atoms with E-state index in [-0.39, 0.29) is 10.7 Å². The highest BCUT2D eigenvalue weighted by atomic mass is 35.5. The Hall–Kier alpha value is -2.99. The van der Waals surface area contributed by atoms with Gasteiger partial charge in [-0.15, -0.1) is 0 Å². The summed E-state index contributed by atoms with van der Waals surface area (Å²) >= 11 is 5.71. The number of esters is 1. The molecule has 1 saturated carbocycles. The lowest BCUT2D eigenvalue weighted by molar-refractivity contribution is -0.123. The van der Waals surface area contributed by atoms with Gasteiger partial charge in [-0.2, -0.15) is 0 Å². The Kier molecular flexibility index (Phi) is 5.20. The lowest BCUT2D eigenvalue weighted by atomic mass is 10.1. The van der Waals surface area contributed by atoms with Gasteiger partial charge >= 0.3 is 5.97 Å². The minimum absolute atomic E-state index is 0.0346. The number of hydrogen-bond donors (Lipinski definition) is 1. The maximum absolute atomic E-state index is 13.9. The number of carbonyl (C=O) groups is 2. The van der Waals surface area contributed by atoms with Crippen molar-refractivity contribution in [1.29, 1.82) is 0 Å². The number of rotatable bonds is 5. The molecule has 1 heterocycles. The van der Waals surface area contributed by atoms with Crippen molar-refractivity contribution in [3.8, 4) is 0 Å². The van der Waals surface area contributed by atoms with Crippen molar-refractivity contribution in [3.05, 3.63) is 70.6 Å². The molecular weight excluding hydrogens is 395 g/mol. The lowest BCUT2D eigenvalue weighted by Crippen LogP contribution is -2.30. The van der Waals surface area contributed by atoms with Gasteiger partial charge in [0.2, 0.25) is 0 Å². The van der Waals surface area contributed by atoms with Crippen LogP contribution in [-0.4, -0.2) is 23.0 Å². The molecule has 7 heteroatoms. The molecule has 0 spiro atoms. The van der Waals surface area contributed by atoms with Crippen LogP contribution >= 0.6 is 11.6 Å². The fraction of sp³-hybridized carbons (Fsp3) is 0.227. The molecule has 1 aliphatic carbocycles. The first-order valence-corrected chi connectivity index (χ1v) is 9.67. The van der Waals surface area contributed by atoms with Gasteiger partial charge in [0.1, 0.15) is 5.82 Å². The Bertz CT molecular complexity index is 1110. The van der Waals surface area contributed by atoms with Crippen molar-refractivity contribution >= 4 is 40.1 Å². The average Bonchev–Trinajstić information content (AvgIpc) is 3.54. The number of amides is 1. The first-order chi connectivity index (χ1) is 13.9. The van der Waals surface area contributed by atoms with Crippen LogP contribution in [0.3, 0.4) is 0 Å². The number of hydrogen-bond acceptors (Lipinski definition) is 4. The molecule has 0 saturated heterocycles. The summed E-state index contributed by atoms with van der Waals surface area (Å²) in [6, 6.07) is 13.0. The zero-order chi connectivity index (χ0) is 20.5. The van der Waals surface area contributed by atoms with Crippen LogP contribution in [0.2, 0.25) is 5.02 Å².